The molecular weight excluding hydrogens is 572 g/mol. The minimum Gasteiger partial charge on any atom is -0.550 e. The fourth-order valence-electron chi connectivity index (χ4n) is 4.48. The highest BCUT2D eigenvalue weighted by atomic mass is 35.5. The summed E-state index contributed by atoms with van der Waals surface area (Å²) in [7, 11) is 0. The average Bonchev–Trinajstić information content (AvgIpc) is 3.60. The summed E-state index contributed by atoms with van der Waals surface area (Å²) in [6, 6.07) is 9.76. The number of rotatable bonds is 15. The second-order valence-corrected chi connectivity index (χ2v) is 9.67. The molecule has 13 heteroatoms. The number of carboxylic acids is 3. The van der Waals surface area contributed by atoms with Crippen LogP contribution in [0.4, 0.5) is 5.69 Å². The summed E-state index contributed by atoms with van der Waals surface area (Å²) >= 11 is 6.15. The zero-order valence-electron chi connectivity index (χ0n) is 22.7. The van der Waals surface area contributed by atoms with Gasteiger partial charge in [0.2, 0.25) is 0 Å². The molecule has 42 heavy (non-hydrogen) atoms. The molecular formula is C29H26ClN2O10-3. The normalized spacial score (nSPS) is 11.8. The van der Waals surface area contributed by atoms with E-state index in [9.17, 15) is 29.7 Å². The molecule has 0 spiro atoms. The Morgan fingerprint density at radius 3 is 2.33 bits per heavy atom. The quantitative estimate of drug-likeness (QED) is 0.181. The van der Waals surface area contributed by atoms with Crippen molar-refractivity contribution >= 4 is 46.2 Å². The maximum atomic E-state index is 11.5. The number of anilines is 1. The molecule has 1 atom stereocenters. The van der Waals surface area contributed by atoms with Crippen LogP contribution in [-0.2, 0) is 9.59 Å². The number of carbonyl (C=O) groups is 3. The molecule has 0 aliphatic heterocycles. The first-order valence-corrected chi connectivity index (χ1v) is 13.4. The first-order valence-electron chi connectivity index (χ1n) is 13.0. The minimum absolute atomic E-state index is 0.0399. The number of carbonyl (C=O) groups excluding carboxylic acids is 3. The lowest BCUT2D eigenvalue weighted by atomic mass is 9.92. The fraction of sp³-hybridized carbons (Fsp3) is 0.310. The summed E-state index contributed by atoms with van der Waals surface area (Å²) in [4.78, 5) is 39.2. The van der Waals surface area contributed by atoms with Gasteiger partial charge < -0.3 is 52.9 Å². The highest BCUT2D eigenvalue weighted by Crippen LogP contribution is 2.38. The zero-order chi connectivity index (χ0) is 30.4. The van der Waals surface area contributed by atoms with E-state index in [1.807, 2.05) is 6.92 Å². The number of aliphatic carboxylic acids is 2. The molecule has 0 radical (unpaired) electrons. The average molecular weight is 598 g/mol. The number of nitrogens with zero attached hydrogens (tertiary/aromatic N) is 2. The van der Waals surface area contributed by atoms with Crippen LogP contribution in [0, 0.1) is 0 Å². The number of halogens is 1. The first-order chi connectivity index (χ1) is 20.1. The van der Waals surface area contributed by atoms with E-state index in [2.05, 4.69) is 4.98 Å². The van der Waals surface area contributed by atoms with Crippen molar-refractivity contribution in [2.75, 3.05) is 31.2 Å². The Hall–Kier alpha value is -4.71. The van der Waals surface area contributed by atoms with E-state index in [1.54, 1.807) is 48.2 Å². The molecule has 1 unspecified atom stereocenters. The number of ether oxygens (including phenoxy) is 2. The summed E-state index contributed by atoms with van der Waals surface area (Å²) < 4.78 is 23.0. The first kappa shape index (κ1) is 30.3. The van der Waals surface area contributed by atoms with E-state index in [4.69, 9.17) is 29.9 Å². The molecule has 4 rings (SSSR count). The summed E-state index contributed by atoms with van der Waals surface area (Å²) in [5, 5.41) is 34.7. The Kier molecular flexibility index (Phi) is 9.58. The minimum atomic E-state index is -1.52. The monoisotopic (exact) mass is 597 g/mol. The van der Waals surface area contributed by atoms with Crippen molar-refractivity contribution in [2.24, 2.45) is 0 Å². The molecule has 0 saturated carbocycles. The summed E-state index contributed by atoms with van der Waals surface area (Å²) in [6.07, 6.45) is 1.22. The summed E-state index contributed by atoms with van der Waals surface area (Å²) in [6.45, 7) is 3.77. The Balaban J connectivity index is 1.59. The highest BCUT2D eigenvalue weighted by Gasteiger charge is 2.21. The van der Waals surface area contributed by atoms with Gasteiger partial charge in [0.25, 0.3) is 5.89 Å². The summed E-state index contributed by atoms with van der Waals surface area (Å²) in [5.74, 6) is -4.08. The van der Waals surface area contributed by atoms with Gasteiger partial charge >= 0.3 is 0 Å². The smallest absolute Gasteiger partial charge is 0.263 e. The van der Waals surface area contributed by atoms with Gasteiger partial charge in [-0.1, -0.05) is 18.5 Å². The lowest BCUT2D eigenvalue weighted by molar-refractivity contribution is -0.306. The maximum absolute atomic E-state index is 11.5. The van der Waals surface area contributed by atoms with Gasteiger partial charge in [0.15, 0.2) is 11.5 Å². The maximum Gasteiger partial charge on any atom is 0.263 e. The molecule has 0 fully saturated rings. The Morgan fingerprint density at radius 2 is 1.71 bits per heavy atom. The number of furan rings is 1. The van der Waals surface area contributed by atoms with E-state index in [0.717, 1.165) is 6.20 Å². The number of hydrogen-bond donors (Lipinski definition) is 0. The molecule has 2 heterocycles. The van der Waals surface area contributed by atoms with E-state index in [-0.39, 0.29) is 37.8 Å². The number of fused-ring (bicyclic) bond motifs is 1. The number of aromatic carboxylic acids is 1. The van der Waals surface area contributed by atoms with Crippen LogP contribution in [0.25, 0.3) is 22.6 Å². The van der Waals surface area contributed by atoms with Crippen molar-refractivity contribution in [3.05, 3.63) is 58.9 Å². The van der Waals surface area contributed by atoms with Gasteiger partial charge in [-0.25, -0.2) is 4.98 Å². The van der Waals surface area contributed by atoms with Crippen LogP contribution in [0.1, 0.15) is 48.7 Å². The van der Waals surface area contributed by atoms with Crippen molar-refractivity contribution in [2.45, 2.75) is 32.6 Å². The lowest BCUT2D eigenvalue weighted by Gasteiger charge is -2.26. The third-order valence-electron chi connectivity index (χ3n) is 6.47. The van der Waals surface area contributed by atoms with Crippen molar-refractivity contribution in [1.29, 1.82) is 0 Å². The summed E-state index contributed by atoms with van der Waals surface area (Å²) in [5.41, 5.74) is 1.46. The van der Waals surface area contributed by atoms with E-state index in [0.29, 0.717) is 51.7 Å². The molecule has 2 aromatic heterocycles. The van der Waals surface area contributed by atoms with Crippen molar-refractivity contribution in [3.63, 3.8) is 0 Å². The Bertz CT molecular complexity index is 1590. The number of oxazole rings is 1. The van der Waals surface area contributed by atoms with E-state index < -0.39 is 29.6 Å². The van der Waals surface area contributed by atoms with Crippen LogP contribution >= 0.6 is 11.6 Å². The number of carboxylic acid groups (broad SMARTS) is 3. The van der Waals surface area contributed by atoms with Crippen molar-refractivity contribution in [3.8, 4) is 23.1 Å². The Morgan fingerprint density at radius 1 is 0.976 bits per heavy atom. The number of hydrogen-bond acceptors (Lipinski definition) is 12. The topological polar surface area (TPSA) is 181 Å². The van der Waals surface area contributed by atoms with Crippen LogP contribution in [0.5, 0.6) is 11.5 Å². The van der Waals surface area contributed by atoms with Gasteiger partial charge in [-0.3, -0.25) is 0 Å². The molecule has 12 nitrogen and oxygen atoms in total. The zero-order valence-corrected chi connectivity index (χ0v) is 23.5. The third-order valence-corrected chi connectivity index (χ3v) is 6.71. The highest BCUT2D eigenvalue weighted by molar-refractivity contribution is 6.30. The third kappa shape index (κ3) is 7.13. The van der Waals surface area contributed by atoms with Gasteiger partial charge in [-0.2, -0.15) is 0 Å². The number of aromatic nitrogens is 1. The molecule has 222 valence electrons. The molecule has 0 aliphatic rings. The van der Waals surface area contributed by atoms with Crippen LogP contribution in [0.3, 0.4) is 0 Å². The second-order valence-electron chi connectivity index (χ2n) is 9.23. The molecule has 0 saturated heterocycles. The molecule has 4 aromatic rings. The SMILES string of the molecule is CCC(CC(=O)[O-])c1cc2oc(-c3ncc(C(=O)[O-])o3)cc2cc1OCCOc1cc(Cl)ccc1N(CC)CC(=O)[O-]. The molecule has 0 bridgehead atoms. The van der Waals surface area contributed by atoms with Crippen LogP contribution < -0.4 is 29.7 Å². The van der Waals surface area contributed by atoms with Gasteiger partial charge in [0.1, 0.15) is 36.3 Å². The van der Waals surface area contributed by atoms with Crippen molar-refractivity contribution < 1.29 is 48.0 Å². The fourth-order valence-corrected chi connectivity index (χ4v) is 4.64. The largest absolute Gasteiger partial charge is 0.550 e. The van der Waals surface area contributed by atoms with Gasteiger partial charge in [-0.15, -0.1) is 0 Å². The van der Waals surface area contributed by atoms with Crippen molar-refractivity contribution in [1.82, 2.24) is 4.98 Å². The van der Waals surface area contributed by atoms with Crippen LogP contribution in [0.15, 0.2) is 51.4 Å². The van der Waals surface area contributed by atoms with E-state index in [1.165, 1.54) is 0 Å². The lowest BCUT2D eigenvalue weighted by Crippen LogP contribution is -2.38. The predicted molar refractivity (Wildman–Crippen MR) is 144 cm³/mol. The van der Waals surface area contributed by atoms with Gasteiger partial charge in [-0.05, 0) is 56.0 Å². The standard InChI is InChI=1S/C29H29ClN2O10/c1-3-16(11-26(33)34)19-13-21-17(10-24(41-21)28-31-14-25(42-28)29(37)38)9-22(19)39-7-8-40-23-12-18(30)5-6-20(23)32(4-2)15-27(35)36/h5-6,9-10,12-14,16H,3-4,7-8,11,15H2,1-2H3,(H,33,34)(H,35,36)(H,37,38)/p-3. The Labute approximate surface area is 245 Å². The van der Waals surface area contributed by atoms with Crippen LogP contribution in [-0.4, -0.2) is 49.2 Å². The van der Waals surface area contributed by atoms with Gasteiger partial charge in [0.05, 0.1) is 24.4 Å². The number of likely N-dealkylation sites (N-methyl/N-ethyl adjacent to an activating group) is 1. The van der Waals surface area contributed by atoms with E-state index >= 15 is 0 Å². The predicted octanol–water partition coefficient (Wildman–Crippen LogP) is 1.77. The number of benzene rings is 2. The molecule has 0 aliphatic carbocycles. The molecule has 0 amide bonds. The van der Waals surface area contributed by atoms with Crippen LogP contribution in [0.2, 0.25) is 5.02 Å². The molecule has 0 N–H and O–H groups in total. The molecule has 2 aromatic carbocycles. The second kappa shape index (κ2) is 13.3. The van der Waals surface area contributed by atoms with Gasteiger partial charge in [0, 0.05) is 34.6 Å².